The molecule has 0 unspecified atom stereocenters. The van der Waals surface area contributed by atoms with Crippen LogP contribution in [0.25, 0.3) is 0 Å². The first-order valence-electron chi connectivity index (χ1n) is 5.22. The van der Waals surface area contributed by atoms with E-state index in [1.165, 1.54) is 5.56 Å². The fourth-order valence-electron chi connectivity index (χ4n) is 1.31. The summed E-state index contributed by atoms with van der Waals surface area (Å²) in [5.74, 6) is 0. The first-order chi connectivity index (χ1) is 6.92. The molecule has 0 radical (unpaired) electrons. The van der Waals surface area contributed by atoms with Gasteiger partial charge in [0.2, 0.25) is 0 Å². The molecule has 84 valence electrons. The minimum atomic E-state index is 0.226. The zero-order valence-electron chi connectivity index (χ0n) is 10.2. The normalized spacial score (nSPS) is 11.8. The lowest BCUT2D eigenvalue weighted by Gasteiger charge is -2.17. The van der Waals surface area contributed by atoms with E-state index in [1.807, 2.05) is 18.8 Å². The number of aromatic nitrogens is 1. The van der Waals surface area contributed by atoms with Gasteiger partial charge in [0.15, 0.2) is 0 Å². The Morgan fingerprint density at radius 2 is 2.00 bits per heavy atom. The molecule has 0 aromatic carbocycles. The van der Waals surface area contributed by atoms with Gasteiger partial charge in [-0.05, 0) is 25.6 Å². The Morgan fingerprint density at radius 1 is 1.33 bits per heavy atom. The Morgan fingerprint density at radius 3 is 2.47 bits per heavy atom. The van der Waals surface area contributed by atoms with E-state index in [9.17, 15) is 0 Å². The van der Waals surface area contributed by atoms with Crippen LogP contribution in [0.5, 0.6) is 0 Å². The molecule has 0 aliphatic rings. The lowest BCUT2D eigenvalue weighted by Crippen LogP contribution is -2.10. The molecule has 0 aliphatic heterocycles. The van der Waals surface area contributed by atoms with Gasteiger partial charge in [0.05, 0.1) is 5.03 Å². The number of hydrogen-bond acceptors (Lipinski definition) is 3. The van der Waals surface area contributed by atoms with E-state index in [0.717, 1.165) is 17.3 Å². The van der Waals surface area contributed by atoms with E-state index < -0.39 is 0 Å². The summed E-state index contributed by atoms with van der Waals surface area (Å²) in [5.41, 5.74) is 2.40. The smallest absolute Gasteiger partial charge is 0.0968 e. The molecule has 1 aromatic heterocycles. The number of thioether (sulfide) groups is 1. The number of nitrogens with zero attached hydrogens (tertiary/aromatic N) is 1. The Hall–Kier alpha value is -0.540. The van der Waals surface area contributed by atoms with Crippen LogP contribution in [0, 0.1) is 6.92 Å². The van der Waals surface area contributed by atoms with Gasteiger partial charge in [0.25, 0.3) is 0 Å². The Balaban J connectivity index is 2.82. The van der Waals surface area contributed by atoms with E-state index in [1.54, 1.807) is 0 Å². The predicted molar refractivity (Wildman–Crippen MR) is 67.3 cm³/mol. The van der Waals surface area contributed by atoms with Crippen molar-refractivity contribution in [3.63, 3.8) is 0 Å². The van der Waals surface area contributed by atoms with Crippen LogP contribution in [-0.2, 0) is 6.54 Å². The largest absolute Gasteiger partial charge is 0.316 e. The van der Waals surface area contributed by atoms with E-state index in [2.05, 4.69) is 50.1 Å². The topological polar surface area (TPSA) is 24.9 Å². The summed E-state index contributed by atoms with van der Waals surface area (Å²) in [5, 5.41) is 4.26. The van der Waals surface area contributed by atoms with Crippen LogP contribution in [0.2, 0.25) is 0 Å². The average molecular weight is 224 g/mol. The van der Waals surface area contributed by atoms with Gasteiger partial charge in [-0.3, -0.25) is 0 Å². The molecule has 1 heterocycles. The third-order valence-corrected chi connectivity index (χ3v) is 3.00. The molecule has 0 atom stereocenters. The summed E-state index contributed by atoms with van der Waals surface area (Å²) >= 11 is 1.81. The second-order valence-electron chi connectivity index (χ2n) is 4.64. The third-order valence-electron chi connectivity index (χ3n) is 1.95. The molecule has 0 saturated carbocycles. The van der Waals surface area contributed by atoms with Crippen molar-refractivity contribution in [1.29, 1.82) is 0 Å². The first-order valence-corrected chi connectivity index (χ1v) is 6.04. The van der Waals surface area contributed by atoms with Crippen molar-refractivity contribution in [3.8, 4) is 0 Å². The van der Waals surface area contributed by atoms with Gasteiger partial charge >= 0.3 is 0 Å². The molecule has 0 aliphatic carbocycles. The third kappa shape index (κ3) is 4.22. The van der Waals surface area contributed by atoms with Crippen molar-refractivity contribution in [2.24, 2.45) is 0 Å². The van der Waals surface area contributed by atoms with E-state index in [0.29, 0.717) is 0 Å². The molecule has 15 heavy (non-hydrogen) atoms. The molecule has 0 spiro atoms. The SMILES string of the molecule is CNCc1ccc(SC(C)(C)C)nc1C. The van der Waals surface area contributed by atoms with Gasteiger partial charge in [-0.25, -0.2) is 4.98 Å². The van der Waals surface area contributed by atoms with E-state index in [4.69, 9.17) is 0 Å². The van der Waals surface area contributed by atoms with Crippen molar-refractivity contribution in [1.82, 2.24) is 10.3 Å². The van der Waals surface area contributed by atoms with Crippen molar-refractivity contribution >= 4 is 11.8 Å². The number of hydrogen-bond donors (Lipinski definition) is 1. The lowest BCUT2D eigenvalue weighted by atomic mass is 10.2. The minimum Gasteiger partial charge on any atom is -0.316 e. The summed E-state index contributed by atoms with van der Waals surface area (Å²) < 4.78 is 0.226. The fraction of sp³-hybridized carbons (Fsp3) is 0.583. The molecular formula is C12H20N2S. The van der Waals surface area contributed by atoms with Crippen molar-refractivity contribution < 1.29 is 0 Å². The Bertz CT molecular complexity index is 329. The molecule has 0 amide bonds. The predicted octanol–water partition coefficient (Wildman–Crippen LogP) is 3.00. The summed E-state index contributed by atoms with van der Waals surface area (Å²) in [6.45, 7) is 9.57. The van der Waals surface area contributed by atoms with Crippen molar-refractivity contribution in [2.75, 3.05) is 7.05 Å². The molecule has 1 aromatic rings. The quantitative estimate of drug-likeness (QED) is 0.799. The standard InChI is InChI=1S/C12H20N2S/c1-9-10(8-13-5)6-7-11(14-9)15-12(2,3)4/h6-7,13H,8H2,1-5H3. The van der Waals surface area contributed by atoms with Gasteiger partial charge < -0.3 is 5.32 Å². The van der Waals surface area contributed by atoms with Crippen molar-refractivity contribution in [2.45, 2.75) is 44.0 Å². The van der Waals surface area contributed by atoms with Gasteiger partial charge in [-0.15, -0.1) is 11.8 Å². The monoisotopic (exact) mass is 224 g/mol. The second kappa shape index (κ2) is 4.99. The maximum absolute atomic E-state index is 4.60. The second-order valence-corrected chi connectivity index (χ2v) is 6.49. The molecule has 1 rings (SSSR count). The summed E-state index contributed by atoms with van der Waals surface area (Å²) in [7, 11) is 1.96. The fourth-order valence-corrected chi connectivity index (χ4v) is 2.26. The Labute approximate surface area is 96.9 Å². The van der Waals surface area contributed by atoms with Gasteiger partial charge in [-0.1, -0.05) is 26.8 Å². The van der Waals surface area contributed by atoms with Crippen LogP contribution in [0.4, 0.5) is 0 Å². The highest BCUT2D eigenvalue weighted by Gasteiger charge is 2.13. The van der Waals surface area contributed by atoms with Crippen LogP contribution in [0.1, 0.15) is 32.0 Å². The van der Waals surface area contributed by atoms with Crippen molar-refractivity contribution in [3.05, 3.63) is 23.4 Å². The van der Waals surface area contributed by atoms with Gasteiger partial charge in [0, 0.05) is 17.0 Å². The summed E-state index contributed by atoms with van der Waals surface area (Å²) in [4.78, 5) is 4.60. The highest BCUT2D eigenvalue weighted by atomic mass is 32.2. The summed E-state index contributed by atoms with van der Waals surface area (Å²) in [6, 6.07) is 4.27. The molecule has 0 fully saturated rings. The van der Waals surface area contributed by atoms with E-state index in [-0.39, 0.29) is 4.75 Å². The minimum absolute atomic E-state index is 0.226. The molecule has 0 bridgehead atoms. The average Bonchev–Trinajstić information content (AvgIpc) is 2.07. The van der Waals surface area contributed by atoms with E-state index >= 15 is 0 Å². The molecule has 2 nitrogen and oxygen atoms in total. The molecule has 1 N–H and O–H groups in total. The maximum Gasteiger partial charge on any atom is 0.0968 e. The molecule has 0 saturated heterocycles. The van der Waals surface area contributed by atoms with Crippen LogP contribution >= 0.6 is 11.8 Å². The number of nitrogens with one attached hydrogen (secondary N) is 1. The van der Waals surface area contributed by atoms with Gasteiger partial charge in [-0.2, -0.15) is 0 Å². The Kier molecular flexibility index (Phi) is 4.17. The van der Waals surface area contributed by atoms with Crippen LogP contribution in [0.3, 0.4) is 0 Å². The van der Waals surface area contributed by atoms with Crippen LogP contribution < -0.4 is 5.32 Å². The summed E-state index contributed by atoms with van der Waals surface area (Å²) in [6.07, 6.45) is 0. The maximum atomic E-state index is 4.60. The number of aryl methyl sites for hydroxylation is 1. The highest BCUT2D eigenvalue weighted by molar-refractivity contribution is 8.00. The zero-order valence-corrected chi connectivity index (χ0v) is 11.0. The van der Waals surface area contributed by atoms with Crippen LogP contribution in [0.15, 0.2) is 17.2 Å². The number of pyridine rings is 1. The highest BCUT2D eigenvalue weighted by Crippen LogP contribution is 2.30. The number of rotatable bonds is 3. The first kappa shape index (κ1) is 12.5. The lowest BCUT2D eigenvalue weighted by molar-refractivity contribution is 0.787. The van der Waals surface area contributed by atoms with Gasteiger partial charge in [0.1, 0.15) is 0 Å². The molecular weight excluding hydrogens is 204 g/mol. The molecule has 3 heteroatoms. The zero-order chi connectivity index (χ0) is 11.5. The van der Waals surface area contributed by atoms with Crippen LogP contribution in [-0.4, -0.2) is 16.8 Å².